The standard InChI is InChI=1S/C20H21NO4S2.C4H7NO2/c22-18(23)15-21(11-13-26-19(24)16-7-3-1-4-8-16)12-14-27-20(25)17-9-5-2-6-10-17;6-4(7)3-5-1-2-5/h1-10H,11-15H2,(H,22,23);1-3H2,(H,6,7). The lowest BCUT2D eigenvalue weighted by Gasteiger charge is -2.19. The van der Waals surface area contributed by atoms with E-state index in [1.165, 1.54) is 23.5 Å². The molecule has 3 rings (SSSR count). The van der Waals surface area contributed by atoms with Crippen LogP contribution in [0.2, 0.25) is 0 Å². The number of carbonyl (C=O) groups is 4. The number of hydrogen-bond donors (Lipinski definition) is 2. The fraction of sp³-hybridized carbons (Fsp3) is 0.333. The molecule has 0 aromatic heterocycles. The van der Waals surface area contributed by atoms with E-state index >= 15 is 0 Å². The van der Waals surface area contributed by atoms with E-state index in [0.29, 0.717) is 35.7 Å². The van der Waals surface area contributed by atoms with E-state index < -0.39 is 11.9 Å². The van der Waals surface area contributed by atoms with Crippen molar-refractivity contribution in [3.8, 4) is 0 Å². The number of carbonyl (C=O) groups excluding carboxylic acids is 2. The van der Waals surface area contributed by atoms with E-state index in [9.17, 15) is 19.2 Å². The molecule has 0 unspecified atom stereocenters. The molecule has 2 N–H and O–H groups in total. The average Bonchev–Trinajstić information content (AvgIpc) is 3.63. The Labute approximate surface area is 207 Å². The van der Waals surface area contributed by atoms with Gasteiger partial charge in [-0.25, -0.2) is 0 Å². The average molecular weight is 505 g/mol. The van der Waals surface area contributed by atoms with Gasteiger partial charge in [0.2, 0.25) is 10.2 Å². The molecule has 1 fully saturated rings. The molecule has 2 aromatic carbocycles. The molecule has 1 heterocycles. The van der Waals surface area contributed by atoms with Crippen LogP contribution in [0.15, 0.2) is 60.7 Å². The molecule has 0 bridgehead atoms. The van der Waals surface area contributed by atoms with Crippen LogP contribution in [-0.4, -0.2) is 93.0 Å². The minimum atomic E-state index is -0.922. The van der Waals surface area contributed by atoms with Crippen molar-refractivity contribution >= 4 is 45.7 Å². The Morgan fingerprint density at radius 1 is 0.735 bits per heavy atom. The van der Waals surface area contributed by atoms with Gasteiger partial charge in [-0.15, -0.1) is 0 Å². The third kappa shape index (κ3) is 12.0. The lowest BCUT2D eigenvalue weighted by molar-refractivity contribution is -0.138. The molecule has 0 radical (unpaired) electrons. The lowest BCUT2D eigenvalue weighted by atomic mass is 10.2. The first-order valence-electron chi connectivity index (χ1n) is 10.7. The molecule has 1 saturated heterocycles. The Balaban J connectivity index is 0.000000497. The molecule has 34 heavy (non-hydrogen) atoms. The Morgan fingerprint density at radius 2 is 1.18 bits per heavy atom. The maximum Gasteiger partial charge on any atom is 0.317 e. The largest absolute Gasteiger partial charge is 0.480 e. The van der Waals surface area contributed by atoms with Gasteiger partial charge in [0.1, 0.15) is 0 Å². The van der Waals surface area contributed by atoms with Gasteiger partial charge in [0.15, 0.2) is 0 Å². The molecule has 2 aromatic rings. The van der Waals surface area contributed by atoms with Gasteiger partial charge >= 0.3 is 11.9 Å². The number of carboxylic acid groups (broad SMARTS) is 2. The minimum Gasteiger partial charge on any atom is -0.480 e. The molecule has 10 heteroatoms. The molecule has 0 saturated carbocycles. The molecule has 182 valence electrons. The summed E-state index contributed by atoms with van der Waals surface area (Å²) in [6, 6.07) is 18.0. The topological polar surface area (TPSA) is 115 Å². The van der Waals surface area contributed by atoms with Gasteiger partial charge in [0, 0.05) is 48.8 Å². The van der Waals surface area contributed by atoms with E-state index in [4.69, 9.17) is 10.2 Å². The van der Waals surface area contributed by atoms with Crippen LogP contribution in [-0.2, 0) is 9.59 Å². The lowest BCUT2D eigenvalue weighted by Crippen LogP contribution is -2.34. The van der Waals surface area contributed by atoms with Crippen LogP contribution < -0.4 is 0 Å². The molecule has 0 atom stereocenters. The number of thioether (sulfide) groups is 2. The highest BCUT2D eigenvalue weighted by atomic mass is 32.2. The maximum atomic E-state index is 12.1. The van der Waals surface area contributed by atoms with Gasteiger partial charge in [0.25, 0.3) is 0 Å². The summed E-state index contributed by atoms with van der Waals surface area (Å²) in [5.74, 6) is -0.650. The maximum absolute atomic E-state index is 12.1. The highest BCUT2D eigenvalue weighted by Crippen LogP contribution is 2.14. The highest BCUT2D eigenvalue weighted by molar-refractivity contribution is 8.14. The Bertz CT molecular complexity index is 881. The number of hydrogen-bond acceptors (Lipinski definition) is 8. The molecule has 1 aliphatic heterocycles. The zero-order chi connectivity index (χ0) is 24.8. The van der Waals surface area contributed by atoms with Crippen LogP contribution >= 0.6 is 23.5 Å². The quantitative estimate of drug-likeness (QED) is 0.418. The molecule has 0 amide bonds. The molecule has 0 aliphatic carbocycles. The van der Waals surface area contributed by atoms with Gasteiger partial charge in [-0.2, -0.15) is 0 Å². The summed E-state index contributed by atoms with van der Waals surface area (Å²) < 4.78 is 0. The first kappa shape index (κ1) is 27.6. The van der Waals surface area contributed by atoms with Gasteiger partial charge in [-0.05, 0) is 0 Å². The van der Waals surface area contributed by atoms with Crippen molar-refractivity contribution in [2.75, 3.05) is 50.8 Å². The fourth-order valence-corrected chi connectivity index (χ4v) is 4.41. The van der Waals surface area contributed by atoms with Gasteiger partial charge in [-0.1, -0.05) is 84.2 Å². The third-order valence-electron chi connectivity index (χ3n) is 4.56. The van der Waals surface area contributed by atoms with Crippen LogP contribution in [0, 0.1) is 0 Å². The zero-order valence-electron chi connectivity index (χ0n) is 18.7. The van der Waals surface area contributed by atoms with Crippen molar-refractivity contribution in [1.29, 1.82) is 0 Å². The zero-order valence-corrected chi connectivity index (χ0v) is 20.3. The SMILES string of the molecule is O=C(O)CN(CCSC(=O)c1ccccc1)CCSC(=O)c1ccccc1.O=C(O)CN1CC1. The molecular formula is C24H28N2O6S2. The Morgan fingerprint density at radius 3 is 1.50 bits per heavy atom. The number of carboxylic acids is 2. The summed E-state index contributed by atoms with van der Waals surface area (Å²) in [7, 11) is 0. The minimum absolute atomic E-state index is 0.0282. The van der Waals surface area contributed by atoms with Crippen molar-refractivity contribution in [3.05, 3.63) is 71.8 Å². The van der Waals surface area contributed by atoms with Crippen LogP contribution in [0.25, 0.3) is 0 Å². The van der Waals surface area contributed by atoms with Crippen LogP contribution in [0.1, 0.15) is 20.7 Å². The van der Waals surface area contributed by atoms with Crippen molar-refractivity contribution in [2.45, 2.75) is 0 Å². The number of aliphatic carboxylic acids is 2. The number of benzene rings is 2. The molecule has 8 nitrogen and oxygen atoms in total. The van der Waals surface area contributed by atoms with Crippen LogP contribution in [0.3, 0.4) is 0 Å². The van der Waals surface area contributed by atoms with Crippen molar-refractivity contribution in [2.24, 2.45) is 0 Å². The van der Waals surface area contributed by atoms with Crippen molar-refractivity contribution in [3.63, 3.8) is 0 Å². The highest BCUT2D eigenvalue weighted by Gasteiger charge is 2.19. The predicted molar refractivity (Wildman–Crippen MR) is 135 cm³/mol. The van der Waals surface area contributed by atoms with E-state index in [1.807, 2.05) is 41.3 Å². The first-order chi connectivity index (χ1) is 16.3. The number of nitrogens with zero attached hydrogens (tertiary/aromatic N) is 2. The van der Waals surface area contributed by atoms with Crippen molar-refractivity contribution < 1.29 is 29.4 Å². The summed E-state index contributed by atoms with van der Waals surface area (Å²) in [6.07, 6.45) is 0. The second kappa shape index (κ2) is 15.3. The van der Waals surface area contributed by atoms with E-state index in [-0.39, 0.29) is 23.3 Å². The van der Waals surface area contributed by atoms with Gasteiger partial charge < -0.3 is 10.2 Å². The molecule has 1 aliphatic rings. The van der Waals surface area contributed by atoms with Gasteiger partial charge in [-0.3, -0.25) is 29.0 Å². The van der Waals surface area contributed by atoms with Crippen LogP contribution in [0.4, 0.5) is 0 Å². The van der Waals surface area contributed by atoms with E-state index in [1.54, 1.807) is 29.2 Å². The number of rotatable bonds is 12. The van der Waals surface area contributed by atoms with E-state index in [2.05, 4.69) is 0 Å². The molecule has 0 spiro atoms. The fourth-order valence-electron chi connectivity index (χ4n) is 2.73. The summed E-state index contributed by atoms with van der Waals surface area (Å²) in [4.78, 5) is 48.6. The van der Waals surface area contributed by atoms with Crippen molar-refractivity contribution in [1.82, 2.24) is 9.80 Å². The second-order valence-electron chi connectivity index (χ2n) is 7.34. The summed E-state index contributed by atoms with van der Waals surface area (Å²) >= 11 is 2.35. The Kier molecular flexibility index (Phi) is 12.4. The summed E-state index contributed by atoms with van der Waals surface area (Å²) in [5, 5.41) is 17.1. The Hall–Kier alpha value is -2.66. The summed E-state index contributed by atoms with van der Waals surface area (Å²) in [6.45, 7) is 2.98. The van der Waals surface area contributed by atoms with Crippen LogP contribution in [0.5, 0.6) is 0 Å². The van der Waals surface area contributed by atoms with E-state index in [0.717, 1.165) is 13.1 Å². The second-order valence-corrected chi connectivity index (χ2v) is 9.48. The first-order valence-corrected chi connectivity index (χ1v) is 12.6. The normalized spacial score (nSPS) is 12.5. The molecular weight excluding hydrogens is 476 g/mol. The third-order valence-corrected chi connectivity index (χ3v) is 6.33. The summed E-state index contributed by atoms with van der Waals surface area (Å²) in [5.41, 5.74) is 1.27. The van der Waals surface area contributed by atoms with Gasteiger partial charge in [0.05, 0.1) is 13.1 Å². The predicted octanol–water partition coefficient (Wildman–Crippen LogP) is 2.91. The monoisotopic (exact) mass is 504 g/mol. The smallest absolute Gasteiger partial charge is 0.317 e.